The van der Waals surface area contributed by atoms with Crippen LogP contribution in [0.2, 0.25) is 18.1 Å². The van der Waals surface area contributed by atoms with Crippen molar-refractivity contribution >= 4 is 14.2 Å². The Labute approximate surface area is 132 Å². The maximum Gasteiger partial charge on any atom is 0.243 e. The molecule has 0 unspecified atom stereocenters. The van der Waals surface area contributed by atoms with Gasteiger partial charge < -0.3 is 9.74 Å². The minimum atomic E-state index is -1.62. The molecule has 0 spiro atoms. The van der Waals surface area contributed by atoms with Gasteiger partial charge in [-0.15, -0.1) is 0 Å². The Balaban J connectivity index is 4.47. The summed E-state index contributed by atoms with van der Waals surface area (Å²) < 4.78 is 6.42. The number of nitrogens with one attached hydrogen (secondary N) is 1. The summed E-state index contributed by atoms with van der Waals surface area (Å²) in [6.07, 6.45) is 8.86. The van der Waals surface area contributed by atoms with E-state index in [0.29, 0.717) is 13.2 Å². The molecule has 0 heterocycles. The maximum atomic E-state index is 11.2. The second-order valence-electron chi connectivity index (χ2n) is 5.84. The molecule has 0 aromatic rings. The van der Waals surface area contributed by atoms with E-state index in [4.69, 9.17) is 4.43 Å². The van der Waals surface area contributed by atoms with Gasteiger partial charge in [0.05, 0.1) is 6.61 Å². The molecule has 1 amide bonds. The number of carbonyl (C=O) groups is 1. The molecule has 1 N–H and O–H groups in total. The summed E-state index contributed by atoms with van der Waals surface area (Å²) in [4.78, 5) is 11.2. The van der Waals surface area contributed by atoms with Crippen molar-refractivity contribution < 1.29 is 9.22 Å². The SMILES string of the molecule is C=CC(=O)NCCO[Si](CCCC)(CCCC)CCCC. The van der Waals surface area contributed by atoms with Gasteiger partial charge in [0.15, 0.2) is 8.32 Å². The number of amides is 1. The topological polar surface area (TPSA) is 38.3 Å². The van der Waals surface area contributed by atoms with Gasteiger partial charge >= 0.3 is 0 Å². The average Bonchev–Trinajstić information content (AvgIpc) is 2.52. The van der Waals surface area contributed by atoms with Gasteiger partial charge in [-0.25, -0.2) is 0 Å². The summed E-state index contributed by atoms with van der Waals surface area (Å²) in [7, 11) is -1.62. The molecule has 4 heteroatoms. The maximum absolute atomic E-state index is 11.2. The van der Waals surface area contributed by atoms with Gasteiger partial charge in [0.25, 0.3) is 0 Å². The van der Waals surface area contributed by atoms with Crippen LogP contribution in [0.5, 0.6) is 0 Å². The Morgan fingerprint density at radius 3 is 1.90 bits per heavy atom. The van der Waals surface area contributed by atoms with Crippen LogP contribution in [0, 0.1) is 0 Å². The molecule has 0 fully saturated rings. The second kappa shape index (κ2) is 13.1. The van der Waals surface area contributed by atoms with E-state index < -0.39 is 8.32 Å². The molecular weight excluding hydrogens is 278 g/mol. The third kappa shape index (κ3) is 9.85. The molecule has 0 aromatic carbocycles. The lowest BCUT2D eigenvalue weighted by Crippen LogP contribution is -2.40. The van der Waals surface area contributed by atoms with Crippen LogP contribution in [0.4, 0.5) is 0 Å². The normalized spacial score (nSPS) is 11.4. The van der Waals surface area contributed by atoms with E-state index in [9.17, 15) is 4.79 Å². The largest absolute Gasteiger partial charge is 0.415 e. The molecule has 0 atom stereocenters. The summed E-state index contributed by atoms with van der Waals surface area (Å²) in [5, 5.41) is 2.81. The molecule has 0 rings (SSSR count). The van der Waals surface area contributed by atoms with Crippen molar-refractivity contribution in [3.8, 4) is 0 Å². The van der Waals surface area contributed by atoms with Crippen molar-refractivity contribution in [2.24, 2.45) is 0 Å². The van der Waals surface area contributed by atoms with Gasteiger partial charge in [-0.1, -0.05) is 65.9 Å². The molecule has 0 saturated carbocycles. The van der Waals surface area contributed by atoms with E-state index in [1.54, 1.807) is 0 Å². The van der Waals surface area contributed by atoms with Crippen LogP contribution in [0.15, 0.2) is 12.7 Å². The lowest BCUT2D eigenvalue weighted by Gasteiger charge is -2.32. The Kier molecular flexibility index (Phi) is 12.7. The highest BCUT2D eigenvalue weighted by molar-refractivity contribution is 6.73. The molecule has 0 aliphatic rings. The Hall–Kier alpha value is -0.613. The standard InChI is InChI=1S/C17H35NO2Si/c1-5-9-14-21(15-10-6-2,16-11-7-3)20-13-12-18-17(19)8-4/h8H,4-7,9-16H2,1-3H3,(H,18,19). The van der Waals surface area contributed by atoms with Crippen molar-refractivity contribution in [1.82, 2.24) is 5.32 Å². The zero-order valence-electron chi connectivity index (χ0n) is 14.4. The average molecular weight is 314 g/mol. The Morgan fingerprint density at radius 1 is 1.05 bits per heavy atom. The van der Waals surface area contributed by atoms with Crippen LogP contribution in [-0.2, 0) is 9.22 Å². The molecule has 0 aliphatic heterocycles. The van der Waals surface area contributed by atoms with Crippen LogP contribution in [0.25, 0.3) is 0 Å². The van der Waals surface area contributed by atoms with Crippen LogP contribution < -0.4 is 5.32 Å². The highest BCUT2D eigenvalue weighted by atomic mass is 28.4. The summed E-state index contributed by atoms with van der Waals surface area (Å²) in [5.74, 6) is -0.110. The number of carbonyl (C=O) groups excluding carboxylic acids is 1. The minimum absolute atomic E-state index is 0.110. The van der Waals surface area contributed by atoms with Crippen molar-refractivity contribution in [3.63, 3.8) is 0 Å². The molecule has 0 saturated heterocycles. The third-order valence-corrected chi connectivity index (χ3v) is 8.56. The fourth-order valence-electron chi connectivity index (χ4n) is 2.60. The molecule has 0 bridgehead atoms. The second-order valence-corrected chi connectivity index (χ2v) is 9.99. The van der Waals surface area contributed by atoms with Gasteiger partial charge in [0, 0.05) is 6.54 Å². The Bertz CT molecular complexity index is 260. The fraction of sp³-hybridized carbons (Fsp3) is 0.824. The van der Waals surface area contributed by atoms with Crippen molar-refractivity contribution in [2.75, 3.05) is 13.2 Å². The lowest BCUT2D eigenvalue weighted by molar-refractivity contribution is -0.116. The third-order valence-electron chi connectivity index (χ3n) is 3.95. The lowest BCUT2D eigenvalue weighted by atomic mass is 10.4. The Morgan fingerprint density at radius 2 is 1.52 bits per heavy atom. The van der Waals surface area contributed by atoms with E-state index in [1.165, 1.54) is 62.7 Å². The molecule has 0 aromatic heterocycles. The minimum Gasteiger partial charge on any atom is -0.415 e. The monoisotopic (exact) mass is 313 g/mol. The van der Waals surface area contributed by atoms with E-state index in [0.717, 1.165) is 0 Å². The van der Waals surface area contributed by atoms with Crippen LogP contribution >= 0.6 is 0 Å². The van der Waals surface area contributed by atoms with E-state index >= 15 is 0 Å². The first-order valence-electron chi connectivity index (χ1n) is 8.68. The summed E-state index contributed by atoms with van der Waals surface area (Å²) in [5.41, 5.74) is 0. The van der Waals surface area contributed by atoms with E-state index in [-0.39, 0.29) is 5.91 Å². The number of hydrogen-bond acceptors (Lipinski definition) is 2. The first kappa shape index (κ1) is 20.4. The smallest absolute Gasteiger partial charge is 0.243 e. The van der Waals surface area contributed by atoms with Crippen molar-refractivity contribution in [1.29, 1.82) is 0 Å². The molecule has 124 valence electrons. The predicted octanol–water partition coefficient (Wildman–Crippen LogP) is 4.65. The van der Waals surface area contributed by atoms with Gasteiger partial charge in [-0.2, -0.15) is 0 Å². The number of hydrogen-bond donors (Lipinski definition) is 1. The molecule has 0 radical (unpaired) electrons. The summed E-state index contributed by atoms with van der Waals surface area (Å²) >= 11 is 0. The predicted molar refractivity (Wildman–Crippen MR) is 94.1 cm³/mol. The van der Waals surface area contributed by atoms with E-state index in [2.05, 4.69) is 32.7 Å². The van der Waals surface area contributed by atoms with Crippen LogP contribution in [0.1, 0.15) is 59.3 Å². The van der Waals surface area contributed by atoms with Crippen LogP contribution in [-0.4, -0.2) is 27.4 Å². The number of unbranched alkanes of at least 4 members (excludes halogenated alkanes) is 3. The fourth-order valence-corrected chi connectivity index (χ4v) is 7.31. The highest BCUT2D eigenvalue weighted by Crippen LogP contribution is 2.29. The van der Waals surface area contributed by atoms with E-state index in [1.807, 2.05) is 0 Å². The number of rotatable bonds is 14. The molecular formula is C17H35NO2Si. The molecule has 21 heavy (non-hydrogen) atoms. The van der Waals surface area contributed by atoms with Gasteiger partial charge in [0.1, 0.15) is 0 Å². The highest BCUT2D eigenvalue weighted by Gasteiger charge is 2.32. The quantitative estimate of drug-likeness (QED) is 0.288. The van der Waals surface area contributed by atoms with Crippen molar-refractivity contribution in [2.45, 2.75) is 77.4 Å². The van der Waals surface area contributed by atoms with Crippen molar-refractivity contribution in [3.05, 3.63) is 12.7 Å². The summed E-state index contributed by atoms with van der Waals surface area (Å²) in [6.45, 7) is 11.5. The first-order valence-corrected chi connectivity index (χ1v) is 11.2. The summed E-state index contributed by atoms with van der Waals surface area (Å²) in [6, 6.07) is 3.83. The van der Waals surface area contributed by atoms with Crippen LogP contribution in [0.3, 0.4) is 0 Å². The van der Waals surface area contributed by atoms with Gasteiger partial charge in [-0.05, 0) is 24.2 Å². The zero-order chi connectivity index (χ0) is 16.0. The molecule has 3 nitrogen and oxygen atoms in total. The molecule has 0 aliphatic carbocycles. The van der Waals surface area contributed by atoms with Gasteiger partial charge in [0.2, 0.25) is 5.91 Å². The first-order chi connectivity index (χ1) is 10.1. The zero-order valence-corrected chi connectivity index (χ0v) is 15.4. The van der Waals surface area contributed by atoms with Gasteiger partial charge in [-0.3, -0.25) is 4.79 Å².